The highest BCUT2D eigenvalue weighted by Gasteiger charge is 2.34. The smallest absolute Gasteiger partial charge is 0.321 e. The largest absolute Gasteiger partial charge is 0.417 e. The maximum atomic E-state index is 13.5. The van der Waals surface area contributed by atoms with E-state index >= 15 is 0 Å². The molecule has 9 heteroatoms. The Hall–Kier alpha value is -3.75. The van der Waals surface area contributed by atoms with E-state index in [1.165, 1.54) is 35.0 Å². The molecule has 1 aromatic carbocycles. The van der Waals surface area contributed by atoms with Gasteiger partial charge in [0.2, 0.25) is 0 Å². The van der Waals surface area contributed by atoms with Crippen molar-refractivity contribution in [2.24, 2.45) is 0 Å². The van der Waals surface area contributed by atoms with Gasteiger partial charge in [-0.2, -0.15) is 18.3 Å². The minimum absolute atomic E-state index is 0.0664. The number of aromatic nitrogens is 4. The maximum Gasteiger partial charge on any atom is 0.417 e. The molecular weight excluding hydrogens is 407 g/mol. The number of aryl methyl sites for hydroxylation is 2. The average Bonchev–Trinajstić information content (AvgIpc) is 3.05. The van der Waals surface area contributed by atoms with Gasteiger partial charge in [-0.3, -0.25) is 9.78 Å². The Kier molecular flexibility index (Phi) is 4.96. The van der Waals surface area contributed by atoms with Crippen molar-refractivity contribution in [2.45, 2.75) is 26.9 Å². The number of alkyl halides is 3. The van der Waals surface area contributed by atoms with Crippen molar-refractivity contribution in [3.05, 3.63) is 76.9 Å². The number of nitrogens with one attached hydrogen (secondary N) is 1. The summed E-state index contributed by atoms with van der Waals surface area (Å²) in [5.41, 5.74) is 2.21. The van der Waals surface area contributed by atoms with Gasteiger partial charge in [-0.1, -0.05) is 18.2 Å². The van der Waals surface area contributed by atoms with Crippen LogP contribution in [0.5, 0.6) is 0 Å². The van der Waals surface area contributed by atoms with E-state index in [2.05, 4.69) is 20.4 Å². The second-order valence-corrected chi connectivity index (χ2v) is 7.11. The van der Waals surface area contributed by atoms with Crippen LogP contribution >= 0.6 is 0 Å². The molecule has 0 saturated carbocycles. The van der Waals surface area contributed by atoms with Gasteiger partial charge in [0.15, 0.2) is 5.65 Å². The molecule has 0 unspecified atom stereocenters. The van der Waals surface area contributed by atoms with Crippen molar-refractivity contribution < 1.29 is 18.0 Å². The molecule has 31 heavy (non-hydrogen) atoms. The van der Waals surface area contributed by atoms with E-state index in [-0.39, 0.29) is 22.5 Å². The predicted octanol–water partition coefficient (Wildman–Crippen LogP) is 4.99. The zero-order valence-corrected chi connectivity index (χ0v) is 16.9. The van der Waals surface area contributed by atoms with Gasteiger partial charge in [-0.15, -0.1) is 0 Å². The first kappa shape index (κ1) is 20.5. The van der Waals surface area contributed by atoms with Crippen LogP contribution in [0.1, 0.15) is 32.9 Å². The zero-order valence-electron chi connectivity index (χ0n) is 16.9. The van der Waals surface area contributed by atoms with E-state index in [1.54, 1.807) is 19.2 Å². The number of hydrogen-bond donors (Lipinski definition) is 1. The number of carbonyl (C=O) groups excluding carboxylic acids is 1. The molecule has 0 saturated heterocycles. The lowest BCUT2D eigenvalue weighted by atomic mass is 10.0. The number of benzene rings is 1. The summed E-state index contributed by atoms with van der Waals surface area (Å²) in [5, 5.41) is 7.11. The quantitative estimate of drug-likeness (QED) is 0.502. The number of anilines is 1. The van der Waals surface area contributed by atoms with Crippen LogP contribution in [0.3, 0.4) is 0 Å². The fraction of sp³-hybridized carbons (Fsp3) is 0.182. The van der Waals surface area contributed by atoms with Crippen molar-refractivity contribution in [1.82, 2.24) is 19.6 Å². The van der Waals surface area contributed by atoms with Crippen LogP contribution in [-0.4, -0.2) is 25.5 Å². The molecule has 0 fully saturated rings. The number of rotatable bonds is 3. The van der Waals surface area contributed by atoms with Crippen molar-refractivity contribution in [3.8, 4) is 11.3 Å². The molecule has 0 aliphatic carbocycles. The normalized spacial score (nSPS) is 11.7. The molecule has 3 heterocycles. The van der Waals surface area contributed by atoms with Gasteiger partial charge in [0, 0.05) is 29.3 Å². The van der Waals surface area contributed by atoms with Crippen molar-refractivity contribution >= 4 is 17.2 Å². The van der Waals surface area contributed by atoms with E-state index in [0.29, 0.717) is 11.4 Å². The van der Waals surface area contributed by atoms with Crippen molar-refractivity contribution in [2.75, 3.05) is 5.32 Å². The molecule has 0 radical (unpaired) electrons. The van der Waals surface area contributed by atoms with E-state index in [9.17, 15) is 18.0 Å². The van der Waals surface area contributed by atoms with Crippen LogP contribution in [-0.2, 0) is 6.18 Å². The molecule has 0 spiro atoms. The predicted molar refractivity (Wildman–Crippen MR) is 110 cm³/mol. The highest BCUT2D eigenvalue weighted by molar-refractivity contribution is 6.09. The minimum Gasteiger partial charge on any atom is -0.321 e. The molecule has 1 amide bonds. The molecule has 0 atom stereocenters. The van der Waals surface area contributed by atoms with Gasteiger partial charge in [-0.25, -0.2) is 9.50 Å². The second kappa shape index (κ2) is 7.50. The Morgan fingerprint density at radius 2 is 1.77 bits per heavy atom. The van der Waals surface area contributed by atoms with Gasteiger partial charge in [0.25, 0.3) is 5.91 Å². The van der Waals surface area contributed by atoms with E-state index in [4.69, 9.17) is 0 Å². The molecule has 6 nitrogen and oxygen atoms in total. The molecule has 0 bridgehead atoms. The third-order valence-electron chi connectivity index (χ3n) is 5.10. The minimum atomic E-state index is -4.53. The van der Waals surface area contributed by atoms with Crippen LogP contribution in [0.2, 0.25) is 0 Å². The lowest BCUT2D eigenvalue weighted by molar-refractivity contribution is -0.137. The molecule has 0 aliphatic heterocycles. The fourth-order valence-electron chi connectivity index (χ4n) is 3.37. The Balaban J connectivity index is 1.81. The first-order valence-electron chi connectivity index (χ1n) is 9.43. The number of nitrogens with zero attached hydrogens (tertiary/aromatic N) is 4. The number of fused-ring (bicyclic) bond motifs is 1. The van der Waals surface area contributed by atoms with Crippen molar-refractivity contribution in [1.29, 1.82) is 0 Å². The first-order valence-corrected chi connectivity index (χ1v) is 9.43. The Morgan fingerprint density at radius 1 is 1.03 bits per heavy atom. The SMILES string of the molecule is Cc1nccc(NC(=O)c2c(C)nn3ccc(-c4ccccc4C(F)(F)F)nc23)c1C. The summed E-state index contributed by atoms with van der Waals surface area (Å²) in [6, 6.07) is 8.33. The summed E-state index contributed by atoms with van der Waals surface area (Å²) in [6.07, 6.45) is -1.45. The topological polar surface area (TPSA) is 72.2 Å². The number of pyridine rings is 1. The summed E-state index contributed by atoms with van der Waals surface area (Å²) < 4.78 is 41.8. The fourth-order valence-corrected chi connectivity index (χ4v) is 3.37. The second-order valence-electron chi connectivity index (χ2n) is 7.11. The van der Waals surface area contributed by atoms with E-state index in [0.717, 1.165) is 17.3 Å². The van der Waals surface area contributed by atoms with E-state index < -0.39 is 17.6 Å². The lowest BCUT2D eigenvalue weighted by Gasteiger charge is -2.12. The first-order chi connectivity index (χ1) is 14.7. The monoisotopic (exact) mass is 425 g/mol. The van der Waals surface area contributed by atoms with Crippen LogP contribution in [0.4, 0.5) is 18.9 Å². The Bertz CT molecular complexity index is 1310. The number of hydrogen-bond acceptors (Lipinski definition) is 4. The highest BCUT2D eigenvalue weighted by atomic mass is 19.4. The summed E-state index contributed by atoms with van der Waals surface area (Å²) in [6.45, 7) is 5.32. The summed E-state index contributed by atoms with van der Waals surface area (Å²) in [5.74, 6) is -0.449. The number of amides is 1. The molecule has 4 aromatic rings. The Morgan fingerprint density at radius 3 is 2.52 bits per heavy atom. The van der Waals surface area contributed by atoms with Crippen LogP contribution in [0.25, 0.3) is 16.9 Å². The third kappa shape index (κ3) is 3.74. The van der Waals surface area contributed by atoms with Gasteiger partial charge < -0.3 is 5.32 Å². The van der Waals surface area contributed by atoms with Gasteiger partial charge in [0.1, 0.15) is 5.56 Å². The number of carbonyl (C=O) groups is 1. The van der Waals surface area contributed by atoms with E-state index in [1.807, 2.05) is 13.8 Å². The summed E-state index contributed by atoms with van der Waals surface area (Å²) in [7, 11) is 0. The van der Waals surface area contributed by atoms with Gasteiger partial charge in [-0.05, 0) is 44.5 Å². The van der Waals surface area contributed by atoms with Crippen LogP contribution in [0.15, 0.2) is 48.8 Å². The van der Waals surface area contributed by atoms with Crippen molar-refractivity contribution in [3.63, 3.8) is 0 Å². The zero-order chi connectivity index (χ0) is 22.3. The van der Waals surface area contributed by atoms with Gasteiger partial charge >= 0.3 is 6.18 Å². The van der Waals surface area contributed by atoms with Gasteiger partial charge in [0.05, 0.1) is 17.0 Å². The average molecular weight is 425 g/mol. The molecule has 158 valence electrons. The summed E-state index contributed by atoms with van der Waals surface area (Å²) in [4.78, 5) is 21.6. The molecule has 4 rings (SSSR count). The molecular formula is C22H18F3N5O. The third-order valence-corrected chi connectivity index (χ3v) is 5.10. The Labute approximate surface area is 175 Å². The highest BCUT2D eigenvalue weighted by Crippen LogP contribution is 2.36. The molecule has 3 aromatic heterocycles. The van der Waals surface area contributed by atoms with Crippen LogP contribution < -0.4 is 5.32 Å². The number of halogens is 3. The molecule has 0 aliphatic rings. The van der Waals surface area contributed by atoms with Crippen LogP contribution in [0, 0.1) is 20.8 Å². The molecule has 1 N–H and O–H groups in total. The summed E-state index contributed by atoms with van der Waals surface area (Å²) >= 11 is 0. The lowest BCUT2D eigenvalue weighted by Crippen LogP contribution is -2.15. The maximum absolute atomic E-state index is 13.5. The standard InChI is InChI=1S/C22H18F3N5O/c1-12-13(2)26-10-8-17(12)28-21(31)19-14(3)29-30-11-9-18(27-20(19)30)15-6-4-5-7-16(15)22(23,24)25/h4-11H,1-3H3,(H,26,28,31).